The van der Waals surface area contributed by atoms with Crippen molar-refractivity contribution in [3.8, 4) is 11.3 Å². The van der Waals surface area contributed by atoms with E-state index in [0.29, 0.717) is 5.41 Å². The Balaban J connectivity index is 2.07. The molecule has 90 valence electrons. The molecule has 0 saturated heterocycles. The Morgan fingerprint density at radius 2 is 2.06 bits per heavy atom. The molecular weight excluding hydrogens is 210 g/mol. The number of nitrogens with zero attached hydrogens (tertiary/aromatic N) is 3. The van der Waals surface area contributed by atoms with Crippen LogP contribution < -0.4 is 0 Å². The second kappa shape index (κ2) is 4.70. The third-order valence-electron chi connectivity index (χ3n) is 2.69. The van der Waals surface area contributed by atoms with Crippen LogP contribution in [0.1, 0.15) is 27.2 Å². The van der Waals surface area contributed by atoms with Gasteiger partial charge in [0.1, 0.15) is 0 Å². The molecule has 0 aliphatic carbocycles. The smallest absolute Gasteiger partial charge is 0.0938 e. The normalized spacial score (nSPS) is 11.7. The Morgan fingerprint density at radius 1 is 1.24 bits per heavy atom. The molecule has 2 rings (SSSR count). The summed E-state index contributed by atoms with van der Waals surface area (Å²) in [6, 6.07) is 6.01. The molecule has 2 aromatic heterocycles. The predicted octanol–water partition coefficient (Wildman–Crippen LogP) is 3.38. The highest BCUT2D eigenvalue weighted by Gasteiger charge is 2.10. The summed E-state index contributed by atoms with van der Waals surface area (Å²) in [5, 5.41) is 4.56. The molecule has 17 heavy (non-hydrogen) atoms. The van der Waals surface area contributed by atoms with Crippen LogP contribution in [0.4, 0.5) is 0 Å². The molecular formula is C14H19N3. The van der Waals surface area contributed by atoms with Crippen LogP contribution in [-0.4, -0.2) is 14.8 Å². The van der Waals surface area contributed by atoms with Gasteiger partial charge in [-0.2, -0.15) is 5.10 Å². The predicted molar refractivity (Wildman–Crippen MR) is 69.5 cm³/mol. The zero-order valence-corrected chi connectivity index (χ0v) is 10.7. The number of hydrogen-bond donors (Lipinski definition) is 0. The molecule has 0 saturated carbocycles. The van der Waals surface area contributed by atoms with Crippen molar-refractivity contribution in [3.63, 3.8) is 0 Å². The monoisotopic (exact) mass is 229 g/mol. The number of aromatic nitrogens is 3. The zero-order valence-electron chi connectivity index (χ0n) is 10.7. The molecule has 0 aromatic carbocycles. The Bertz CT molecular complexity index is 466. The SMILES string of the molecule is CC(C)(C)CCn1ccc(-c2cccnc2)n1. The average Bonchev–Trinajstić information content (AvgIpc) is 2.75. The van der Waals surface area contributed by atoms with Gasteiger partial charge in [0.2, 0.25) is 0 Å². The van der Waals surface area contributed by atoms with E-state index < -0.39 is 0 Å². The van der Waals surface area contributed by atoms with Crippen LogP contribution >= 0.6 is 0 Å². The maximum Gasteiger partial charge on any atom is 0.0938 e. The van der Waals surface area contributed by atoms with Crippen molar-refractivity contribution >= 4 is 0 Å². The third-order valence-corrected chi connectivity index (χ3v) is 2.69. The van der Waals surface area contributed by atoms with Crippen LogP contribution in [0, 0.1) is 5.41 Å². The van der Waals surface area contributed by atoms with Gasteiger partial charge in [0.15, 0.2) is 0 Å². The first kappa shape index (κ1) is 11.8. The van der Waals surface area contributed by atoms with Crippen LogP contribution in [0.3, 0.4) is 0 Å². The molecule has 3 nitrogen and oxygen atoms in total. The number of pyridine rings is 1. The molecule has 0 fully saturated rings. The van der Waals surface area contributed by atoms with E-state index in [9.17, 15) is 0 Å². The van der Waals surface area contributed by atoms with Crippen molar-refractivity contribution in [1.82, 2.24) is 14.8 Å². The summed E-state index contributed by atoms with van der Waals surface area (Å²) in [5.74, 6) is 0. The fourth-order valence-electron chi connectivity index (χ4n) is 1.60. The van der Waals surface area contributed by atoms with E-state index in [1.807, 2.05) is 35.3 Å². The van der Waals surface area contributed by atoms with Crippen molar-refractivity contribution in [2.75, 3.05) is 0 Å². The molecule has 0 aliphatic heterocycles. The fourth-order valence-corrected chi connectivity index (χ4v) is 1.60. The first-order valence-corrected chi connectivity index (χ1v) is 5.98. The van der Waals surface area contributed by atoms with E-state index in [1.54, 1.807) is 6.20 Å². The Labute approximate surface area is 103 Å². The Hall–Kier alpha value is -1.64. The van der Waals surface area contributed by atoms with Crippen molar-refractivity contribution in [1.29, 1.82) is 0 Å². The van der Waals surface area contributed by atoms with Crippen molar-refractivity contribution in [2.45, 2.75) is 33.7 Å². The zero-order chi connectivity index (χ0) is 12.3. The van der Waals surface area contributed by atoms with E-state index in [4.69, 9.17) is 0 Å². The molecule has 0 amide bonds. The maximum atomic E-state index is 4.56. The summed E-state index contributed by atoms with van der Waals surface area (Å²) in [6.45, 7) is 7.71. The molecule has 0 N–H and O–H groups in total. The first-order chi connectivity index (χ1) is 8.04. The minimum absolute atomic E-state index is 0.348. The minimum Gasteiger partial charge on any atom is -0.272 e. The number of rotatable bonds is 3. The van der Waals surface area contributed by atoms with Crippen LogP contribution in [0.5, 0.6) is 0 Å². The summed E-state index contributed by atoms with van der Waals surface area (Å²) >= 11 is 0. The molecule has 2 heterocycles. The lowest BCUT2D eigenvalue weighted by Gasteiger charge is -2.17. The lowest BCUT2D eigenvalue weighted by atomic mass is 9.92. The minimum atomic E-state index is 0.348. The van der Waals surface area contributed by atoms with Crippen LogP contribution in [0.2, 0.25) is 0 Å². The molecule has 0 bridgehead atoms. The Morgan fingerprint density at radius 3 is 2.71 bits per heavy atom. The van der Waals surface area contributed by atoms with Gasteiger partial charge >= 0.3 is 0 Å². The molecule has 0 unspecified atom stereocenters. The van der Waals surface area contributed by atoms with E-state index in [-0.39, 0.29) is 0 Å². The first-order valence-electron chi connectivity index (χ1n) is 5.98. The van der Waals surface area contributed by atoms with Gasteiger partial charge in [-0.1, -0.05) is 20.8 Å². The highest BCUT2D eigenvalue weighted by Crippen LogP contribution is 2.20. The molecule has 0 atom stereocenters. The van der Waals surface area contributed by atoms with Crippen molar-refractivity contribution < 1.29 is 0 Å². The van der Waals surface area contributed by atoms with Gasteiger partial charge in [-0.3, -0.25) is 9.67 Å². The molecule has 0 aliphatic rings. The lowest BCUT2D eigenvalue weighted by Crippen LogP contribution is -2.10. The highest BCUT2D eigenvalue weighted by molar-refractivity contribution is 5.56. The summed E-state index contributed by atoms with van der Waals surface area (Å²) < 4.78 is 2.01. The van der Waals surface area contributed by atoms with E-state index in [0.717, 1.165) is 24.2 Å². The van der Waals surface area contributed by atoms with Gasteiger partial charge in [-0.15, -0.1) is 0 Å². The highest BCUT2D eigenvalue weighted by atomic mass is 15.3. The molecule has 0 radical (unpaired) electrons. The van der Waals surface area contributed by atoms with E-state index >= 15 is 0 Å². The second-order valence-corrected chi connectivity index (χ2v) is 5.52. The Kier molecular flexibility index (Phi) is 3.27. The summed E-state index contributed by atoms with van der Waals surface area (Å²) in [7, 11) is 0. The maximum absolute atomic E-state index is 4.56. The van der Waals surface area contributed by atoms with Crippen molar-refractivity contribution in [2.24, 2.45) is 5.41 Å². The number of aryl methyl sites for hydroxylation is 1. The van der Waals surface area contributed by atoms with Gasteiger partial charge in [0.05, 0.1) is 5.69 Å². The van der Waals surface area contributed by atoms with E-state index in [2.05, 4.69) is 30.9 Å². The summed E-state index contributed by atoms with van der Waals surface area (Å²) in [4.78, 5) is 4.11. The van der Waals surface area contributed by atoms with Crippen LogP contribution in [0.15, 0.2) is 36.8 Å². The topological polar surface area (TPSA) is 30.7 Å². The summed E-state index contributed by atoms with van der Waals surface area (Å²) in [6.07, 6.45) is 6.78. The number of hydrogen-bond acceptors (Lipinski definition) is 2. The fraction of sp³-hybridized carbons (Fsp3) is 0.429. The molecule has 0 spiro atoms. The second-order valence-electron chi connectivity index (χ2n) is 5.52. The summed E-state index contributed by atoms with van der Waals surface area (Å²) in [5.41, 5.74) is 2.41. The van der Waals surface area contributed by atoms with E-state index in [1.165, 1.54) is 0 Å². The quantitative estimate of drug-likeness (QED) is 0.807. The van der Waals surface area contributed by atoms with Gasteiger partial charge < -0.3 is 0 Å². The standard InChI is InChI=1S/C14H19N3/c1-14(2,3)7-10-17-9-6-13(16-17)12-5-4-8-15-11-12/h4-6,8-9,11H,7,10H2,1-3H3. The molecule has 3 heteroatoms. The van der Waals surface area contributed by atoms with Crippen molar-refractivity contribution in [3.05, 3.63) is 36.8 Å². The van der Waals surface area contributed by atoms with Crippen LogP contribution in [-0.2, 0) is 6.54 Å². The van der Waals surface area contributed by atoms with Crippen LogP contribution in [0.25, 0.3) is 11.3 Å². The van der Waals surface area contributed by atoms with Gasteiger partial charge in [-0.25, -0.2) is 0 Å². The average molecular weight is 229 g/mol. The van der Waals surface area contributed by atoms with Gasteiger partial charge in [-0.05, 0) is 30.0 Å². The van der Waals surface area contributed by atoms with Gasteiger partial charge in [0.25, 0.3) is 0 Å². The largest absolute Gasteiger partial charge is 0.272 e. The molecule has 2 aromatic rings. The van der Waals surface area contributed by atoms with Gasteiger partial charge in [0, 0.05) is 30.7 Å². The lowest BCUT2D eigenvalue weighted by molar-refractivity contribution is 0.341. The third kappa shape index (κ3) is 3.41.